The van der Waals surface area contributed by atoms with Crippen LogP contribution < -0.4 is 20.7 Å². The summed E-state index contributed by atoms with van der Waals surface area (Å²) in [5, 5.41) is 8.26. The Balaban J connectivity index is 1.83. The van der Waals surface area contributed by atoms with Crippen LogP contribution in [0, 0.1) is 0 Å². The van der Waals surface area contributed by atoms with Crippen molar-refractivity contribution in [2.24, 2.45) is 0 Å². The Labute approximate surface area is 153 Å². The number of ether oxygens (including phenoxy) is 1. The van der Waals surface area contributed by atoms with Crippen LogP contribution in [-0.4, -0.2) is 24.5 Å². The molecule has 0 aliphatic carbocycles. The Kier molecular flexibility index (Phi) is 7.49. The number of carbonyl (C=O) groups excluding carboxylic acids is 2. The molecule has 138 valence electrons. The van der Waals surface area contributed by atoms with Crippen LogP contribution in [0.1, 0.15) is 25.8 Å². The molecule has 0 aliphatic heterocycles. The number of para-hydroxylation sites is 2. The first-order valence-corrected chi connectivity index (χ1v) is 8.64. The molecule has 3 amide bonds. The smallest absolute Gasteiger partial charge is 0.319 e. The molecule has 0 spiro atoms. The van der Waals surface area contributed by atoms with Gasteiger partial charge in [0.1, 0.15) is 12.4 Å². The molecule has 6 heteroatoms. The molecule has 2 aromatic carbocycles. The van der Waals surface area contributed by atoms with Crippen molar-refractivity contribution in [3.8, 4) is 5.75 Å². The van der Waals surface area contributed by atoms with E-state index in [1.807, 2.05) is 68.4 Å². The van der Waals surface area contributed by atoms with E-state index in [1.165, 1.54) is 0 Å². The predicted octanol–water partition coefficient (Wildman–Crippen LogP) is 3.30. The zero-order valence-electron chi connectivity index (χ0n) is 15.1. The summed E-state index contributed by atoms with van der Waals surface area (Å²) in [6.07, 6.45) is 0.240. The molecule has 0 heterocycles. The van der Waals surface area contributed by atoms with Crippen LogP contribution in [0.2, 0.25) is 0 Å². The van der Waals surface area contributed by atoms with E-state index >= 15 is 0 Å². The summed E-state index contributed by atoms with van der Waals surface area (Å²) in [6.45, 7) is 4.41. The average Bonchev–Trinajstić information content (AvgIpc) is 2.61. The first-order chi connectivity index (χ1) is 12.5. The van der Waals surface area contributed by atoms with Crippen LogP contribution in [-0.2, 0) is 11.4 Å². The van der Waals surface area contributed by atoms with Gasteiger partial charge >= 0.3 is 6.03 Å². The van der Waals surface area contributed by atoms with Gasteiger partial charge in [-0.2, -0.15) is 0 Å². The van der Waals surface area contributed by atoms with Crippen molar-refractivity contribution in [3.63, 3.8) is 0 Å². The maximum absolute atomic E-state index is 12.0. The van der Waals surface area contributed by atoms with E-state index in [1.54, 1.807) is 0 Å². The summed E-state index contributed by atoms with van der Waals surface area (Å²) in [6, 6.07) is 16.7. The molecular formula is C20H25N3O3. The lowest BCUT2D eigenvalue weighted by atomic mass is 10.2. The molecule has 3 N–H and O–H groups in total. The minimum absolute atomic E-state index is 0.0861. The van der Waals surface area contributed by atoms with Gasteiger partial charge in [0.05, 0.1) is 0 Å². The Bertz CT molecular complexity index is 717. The fraction of sp³-hybridized carbons (Fsp3) is 0.300. The number of urea groups is 1. The number of hydrogen-bond acceptors (Lipinski definition) is 3. The van der Waals surface area contributed by atoms with Gasteiger partial charge in [-0.3, -0.25) is 4.79 Å². The molecule has 0 bridgehead atoms. The van der Waals surface area contributed by atoms with Crippen molar-refractivity contribution in [3.05, 3.63) is 60.2 Å². The lowest BCUT2D eigenvalue weighted by Gasteiger charge is -2.13. The molecule has 6 nitrogen and oxygen atoms in total. The topological polar surface area (TPSA) is 79.5 Å². The van der Waals surface area contributed by atoms with Crippen molar-refractivity contribution < 1.29 is 14.3 Å². The molecule has 0 atom stereocenters. The Morgan fingerprint density at radius 1 is 1.00 bits per heavy atom. The average molecular weight is 355 g/mol. The normalized spacial score (nSPS) is 10.3. The lowest BCUT2D eigenvalue weighted by molar-refractivity contribution is -0.121. The van der Waals surface area contributed by atoms with Gasteiger partial charge in [0, 0.05) is 30.3 Å². The Morgan fingerprint density at radius 2 is 1.69 bits per heavy atom. The van der Waals surface area contributed by atoms with Crippen molar-refractivity contribution in [2.75, 3.05) is 11.9 Å². The Hall–Kier alpha value is -3.02. The molecular weight excluding hydrogens is 330 g/mol. The van der Waals surface area contributed by atoms with Gasteiger partial charge in [-0.15, -0.1) is 0 Å². The van der Waals surface area contributed by atoms with Crippen molar-refractivity contribution in [1.29, 1.82) is 0 Å². The summed E-state index contributed by atoms with van der Waals surface area (Å²) in [7, 11) is 0. The van der Waals surface area contributed by atoms with Crippen LogP contribution in [0.15, 0.2) is 54.6 Å². The van der Waals surface area contributed by atoms with Gasteiger partial charge in [-0.1, -0.05) is 36.4 Å². The highest BCUT2D eigenvalue weighted by Crippen LogP contribution is 2.18. The predicted molar refractivity (Wildman–Crippen MR) is 102 cm³/mol. The third kappa shape index (κ3) is 6.84. The molecule has 0 aliphatic rings. The monoisotopic (exact) mass is 355 g/mol. The third-order valence-electron chi connectivity index (χ3n) is 3.49. The fourth-order valence-electron chi connectivity index (χ4n) is 2.30. The van der Waals surface area contributed by atoms with E-state index in [9.17, 15) is 9.59 Å². The summed E-state index contributed by atoms with van der Waals surface area (Å²) in [5.74, 6) is 0.680. The van der Waals surface area contributed by atoms with Gasteiger partial charge in [-0.05, 0) is 32.0 Å². The number of benzene rings is 2. The quantitative estimate of drug-likeness (QED) is 0.680. The highest BCUT2D eigenvalue weighted by Gasteiger charge is 2.08. The van der Waals surface area contributed by atoms with Gasteiger partial charge in [0.2, 0.25) is 5.91 Å². The second kappa shape index (κ2) is 10.1. The summed E-state index contributed by atoms with van der Waals surface area (Å²) < 4.78 is 5.74. The number of carbonyl (C=O) groups is 2. The van der Waals surface area contributed by atoms with E-state index in [0.29, 0.717) is 12.3 Å². The molecule has 0 saturated carbocycles. The van der Waals surface area contributed by atoms with Gasteiger partial charge in [-0.25, -0.2) is 4.79 Å². The molecule has 2 aromatic rings. The zero-order chi connectivity index (χ0) is 18.8. The van der Waals surface area contributed by atoms with E-state index in [4.69, 9.17) is 4.74 Å². The minimum Gasteiger partial charge on any atom is -0.489 e. The first-order valence-electron chi connectivity index (χ1n) is 8.64. The second-order valence-corrected chi connectivity index (χ2v) is 6.11. The van der Waals surface area contributed by atoms with E-state index in [-0.39, 0.29) is 30.9 Å². The van der Waals surface area contributed by atoms with Crippen LogP contribution in [0.3, 0.4) is 0 Å². The molecule has 26 heavy (non-hydrogen) atoms. The summed E-state index contributed by atoms with van der Waals surface area (Å²) in [4.78, 5) is 23.6. The van der Waals surface area contributed by atoms with Crippen molar-refractivity contribution >= 4 is 17.6 Å². The largest absolute Gasteiger partial charge is 0.489 e. The van der Waals surface area contributed by atoms with Crippen molar-refractivity contribution in [1.82, 2.24) is 10.6 Å². The standard InChI is InChI=1S/C20H25N3O3/c1-15(2)22-19(24)12-13-21-20(25)23-18-11-7-6-8-16(18)14-26-17-9-4-3-5-10-17/h3-11,15H,12-14H2,1-2H3,(H,22,24)(H2,21,23,25). The third-order valence-corrected chi connectivity index (χ3v) is 3.49. The highest BCUT2D eigenvalue weighted by atomic mass is 16.5. The van der Waals surface area contributed by atoms with E-state index in [0.717, 1.165) is 11.3 Å². The lowest BCUT2D eigenvalue weighted by Crippen LogP contribution is -2.35. The number of nitrogens with one attached hydrogen (secondary N) is 3. The molecule has 0 radical (unpaired) electrons. The van der Waals surface area contributed by atoms with Crippen LogP contribution in [0.25, 0.3) is 0 Å². The highest BCUT2D eigenvalue weighted by molar-refractivity contribution is 5.90. The maximum atomic E-state index is 12.0. The molecule has 0 saturated heterocycles. The number of anilines is 1. The summed E-state index contributed by atoms with van der Waals surface area (Å²) >= 11 is 0. The molecule has 0 aromatic heterocycles. The van der Waals surface area contributed by atoms with Crippen LogP contribution in [0.4, 0.5) is 10.5 Å². The van der Waals surface area contributed by atoms with Gasteiger partial charge in [0.25, 0.3) is 0 Å². The Morgan fingerprint density at radius 3 is 2.42 bits per heavy atom. The van der Waals surface area contributed by atoms with Crippen molar-refractivity contribution in [2.45, 2.75) is 32.9 Å². The van der Waals surface area contributed by atoms with Gasteiger partial charge in [0.15, 0.2) is 0 Å². The molecule has 0 fully saturated rings. The van der Waals surface area contributed by atoms with Crippen LogP contribution >= 0.6 is 0 Å². The fourth-order valence-corrected chi connectivity index (χ4v) is 2.30. The number of amides is 3. The van der Waals surface area contributed by atoms with E-state index in [2.05, 4.69) is 16.0 Å². The second-order valence-electron chi connectivity index (χ2n) is 6.11. The number of rotatable bonds is 8. The van der Waals surface area contributed by atoms with Crippen LogP contribution in [0.5, 0.6) is 5.75 Å². The SMILES string of the molecule is CC(C)NC(=O)CCNC(=O)Nc1ccccc1COc1ccccc1. The number of hydrogen-bond donors (Lipinski definition) is 3. The molecule has 2 rings (SSSR count). The summed E-state index contributed by atoms with van der Waals surface area (Å²) in [5.41, 5.74) is 1.54. The van der Waals surface area contributed by atoms with Gasteiger partial charge < -0.3 is 20.7 Å². The minimum atomic E-state index is -0.352. The van der Waals surface area contributed by atoms with E-state index < -0.39 is 0 Å². The first kappa shape index (κ1) is 19.3. The maximum Gasteiger partial charge on any atom is 0.319 e. The molecule has 0 unspecified atom stereocenters. The zero-order valence-corrected chi connectivity index (χ0v) is 15.1.